The third-order valence-electron chi connectivity index (χ3n) is 1.64. The molecule has 0 aliphatic carbocycles. The van der Waals surface area contributed by atoms with E-state index >= 15 is 0 Å². The zero-order valence-corrected chi connectivity index (χ0v) is 7.13. The van der Waals surface area contributed by atoms with Gasteiger partial charge in [-0.3, -0.25) is 0 Å². The van der Waals surface area contributed by atoms with Gasteiger partial charge in [-0.1, -0.05) is 0 Å². The van der Waals surface area contributed by atoms with E-state index in [0.717, 1.165) is 0 Å². The Hall–Kier alpha value is -0.600. The normalized spacial score (nSPS) is 17.0. The van der Waals surface area contributed by atoms with Crippen molar-refractivity contribution in [3.63, 3.8) is 0 Å². The molecule has 1 nitrogen and oxygen atoms in total. The van der Waals surface area contributed by atoms with Crippen LogP contribution in [0.25, 0.3) is 0 Å². The number of halogens is 8. The van der Waals surface area contributed by atoms with Crippen LogP contribution in [0.2, 0.25) is 0 Å². The first kappa shape index (κ1) is 14.4. The highest BCUT2D eigenvalue weighted by atomic mass is 19.4. The van der Waals surface area contributed by atoms with Crippen LogP contribution in [0.4, 0.5) is 35.1 Å². The van der Waals surface area contributed by atoms with Crippen molar-refractivity contribution >= 4 is 0 Å². The van der Waals surface area contributed by atoms with Crippen LogP contribution >= 0.6 is 0 Å². The molecular weight excluding hydrogens is 240 g/mol. The van der Waals surface area contributed by atoms with Crippen molar-refractivity contribution < 1.29 is 40.2 Å². The second-order valence-electron chi connectivity index (χ2n) is 2.80. The number of hydrogen-bond donors (Lipinski definition) is 1. The molecule has 15 heavy (non-hydrogen) atoms. The fourth-order valence-corrected chi connectivity index (χ4v) is 0.622. The zero-order valence-electron chi connectivity index (χ0n) is 7.13. The van der Waals surface area contributed by atoms with Gasteiger partial charge in [0, 0.05) is 0 Å². The van der Waals surface area contributed by atoms with E-state index < -0.39 is 30.3 Å². The molecule has 92 valence electrons. The average molecular weight is 246 g/mol. The third kappa shape index (κ3) is 2.01. The predicted molar refractivity (Wildman–Crippen MR) is 32.5 cm³/mol. The summed E-state index contributed by atoms with van der Waals surface area (Å²) in [7, 11) is 0. The number of aliphatic hydroxyl groups excluding tert-OH is 1. The van der Waals surface area contributed by atoms with E-state index in [4.69, 9.17) is 5.11 Å². The molecule has 1 N–H and O–H groups in total. The van der Waals surface area contributed by atoms with Crippen LogP contribution in [0.15, 0.2) is 0 Å². The summed E-state index contributed by atoms with van der Waals surface area (Å²) in [5.41, 5.74) is 0. The van der Waals surface area contributed by atoms with Gasteiger partial charge in [-0.05, 0) is 6.92 Å². The van der Waals surface area contributed by atoms with E-state index in [2.05, 4.69) is 0 Å². The lowest BCUT2D eigenvalue weighted by atomic mass is 10.0. The maximum absolute atomic E-state index is 12.4. The standard InChI is InChI=1S/C6H6F8O/c1-2(15)4(9,10)6(13,14)5(11,12)3(7)8/h2-3,15H,1H3. The first-order valence-electron chi connectivity index (χ1n) is 3.48. The maximum atomic E-state index is 12.4. The summed E-state index contributed by atoms with van der Waals surface area (Å²) in [6.07, 6.45) is -8.14. The van der Waals surface area contributed by atoms with Gasteiger partial charge in [0.2, 0.25) is 0 Å². The summed E-state index contributed by atoms with van der Waals surface area (Å²) in [5.74, 6) is -18.2. The minimum Gasteiger partial charge on any atom is -0.387 e. The van der Waals surface area contributed by atoms with Gasteiger partial charge >= 0.3 is 24.2 Å². The minimum atomic E-state index is -6.33. The molecule has 9 heteroatoms. The van der Waals surface area contributed by atoms with E-state index in [9.17, 15) is 35.1 Å². The molecule has 0 spiro atoms. The third-order valence-corrected chi connectivity index (χ3v) is 1.64. The molecule has 1 unspecified atom stereocenters. The molecule has 0 bridgehead atoms. The molecule has 0 heterocycles. The Bertz CT molecular complexity index is 201. The number of rotatable bonds is 4. The molecule has 0 aliphatic rings. The van der Waals surface area contributed by atoms with Crippen LogP contribution in [-0.4, -0.2) is 35.4 Å². The fraction of sp³-hybridized carbons (Fsp3) is 1.00. The lowest BCUT2D eigenvalue weighted by molar-refractivity contribution is -0.354. The molecule has 0 aromatic rings. The molecule has 0 saturated heterocycles. The van der Waals surface area contributed by atoms with Gasteiger partial charge in [0.05, 0.1) is 0 Å². The van der Waals surface area contributed by atoms with Crippen LogP contribution in [-0.2, 0) is 0 Å². The lowest BCUT2D eigenvalue weighted by Gasteiger charge is -2.33. The SMILES string of the molecule is CC(O)C(F)(F)C(F)(F)C(F)(F)C(F)F. The molecule has 0 amide bonds. The van der Waals surface area contributed by atoms with Gasteiger partial charge < -0.3 is 5.11 Å². The highest BCUT2D eigenvalue weighted by molar-refractivity contribution is 5.00. The first-order valence-corrected chi connectivity index (χ1v) is 3.48. The molecule has 0 radical (unpaired) electrons. The smallest absolute Gasteiger partial charge is 0.380 e. The Balaban J connectivity index is 5.30. The van der Waals surface area contributed by atoms with E-state index in [0.29, 0.717) is 0 Å². The second-order valence-corrected chi connectivity index (χ2v) is 2.80. The van der Waals surface area contributed by atoms with Crippen molar-refractivity contribution in [3.05, 3.63) is 0 Å². The van der Waals surface area contributed by atoms with Crippen LogP contribution in [0.5, 0.6) is 0 Å². The molecule has 0 aromatic heterocycles. The molecule has 0 aliphatic heterocycles. The van der Waals surface area contributed by atoms with E-state index in [1.54, 1.807) is 0 Å². The largest absolute Gasteiger partial charge is 0.387 e. The van der Waals surface area contributed by atoms with Gasteiger partial charge in [-0.15, -0.1) is 0 Å². The highest BCUT2D eigenvalue weighted by Gasteiger charge is 2.76. The molecular formula is C6H6F8O. The van der Waals surface area contributed by atoms with Gasteiger partial charge in [0.15, 0.2) is 0 Å². The summed E-state index contributed by atoms with van der Waals surface area (Å²) in [5, 5.41) is 8.15. The van der Waals surface area contributed by atoms with Gasteiger partial charge in [-0.25, -0.2) is 8.78 Å². The highest BCUT2D eigenvalue weighted by Crippen LogP contribution is 2.49. The quantitative estimate of drug-likeness (QED) is 0.756. The van der Waals surface area contributed by atoms with E-state index in [1.807, 2.05) is 0 Å². The Labute approximate surface area is 78.7 Å². The van der Waals surface area contributed by atoms with Gasteiger partial charge in [0.1, 0.15) is 6.10 Å². The number of hydrogen-bond acceptors (Lipinski definition) is 1. The molecule has 0 fully saturated rings. The van der Waals surface area contributed by atoms with Crippen molar-refractivity contribution in [1.29, 1.82) is 0 Å². The van der Waals surface area contributed by atoms with Crippen molar-refractivity contribution in [2.75, 3.05) is 0 Å². The zero-order chi connectivity index (χ0) is 12.7. The van der Waals surface area contributed by atoms with Crippen LogP contribution in [0, 0.1) is 0 Å². The monoisotopic (exact) mass is 246 g/mol. The van der Waals surface area contributed by atoms with E-state index in [-0.39, 0.29) is 6.92 Å². The Morgan fingerprint density at radius 2 is 1.20 bits per heavy atom. The van der Waals surface area contributed by atoms with Crippen LogP contribution in [0.3, 0.4) is 0 Å². The molecule has 0 saturated carbocycles. The van der Waals surface area contributed by atoms with Crippen molar-refractivity contribution in [2.45, 2.75) is 37.2 Å². The lowest BCUT2D eigenvalue weighted by Crippen LogP contribution is -2.61. The summed E-state index contributed by atoms with van der Waals surface area (Å²) in [4.78, 5) is 0. The summed E-state index contributed by atoms with van der Waals surface area (Å²) >= 11 is 0. The van der Waals surface area contributed by atoms with Crippen LogP contribution < -0.4 is 0 Å². The van der Waals surface area contributed by atoms with Crippen molar-refractivity contribution in [1.82, 2.24) is 0 Å². The van der Waals surface area contributed by atoms with Crippen molar-refractivity contribution in [3.8, 4) is 0 Å². The first-order chi connectivity index (χ1) is 6.39. The Morgan fingerprint density at radius 3 is 1.40 bits per heavy atom. The van der Waals surface area contributed by atoms with Crippen LogP contribution in [0.1, 0.15) is 6.92 Å². The fourth-order valence-electron chi connectivity index (χ4n) is 0.622. The van der Waals surface area contributed by atoms with Gasteiger partial charge in [-0.2, -0.15) is 26.3 Å². The number of alkyl halides is 8. The molecule has 0 aromatic carbocycles. The molecule has 0 rings (SSSR count). The topological polar surface area (TPSA) is 20.2 Å². The Kier molecular flexibility index (Phi) is 3.61. The second kappa shape index (κ2) is 3.76. The van der Waals surface area contributed by atoms with Gasteiger partial charge in [0.25, 0.3) is 0 Å². The molecule has 1 atom stereocenters. The Morgan fingerprint density at radius 1 is 0.867 bits per heavy atom. The predicted octanol–water partition coefficient (Wildman–Crippen LogP) is 2.54. The summed E-state index contributed by atoms with van der Waals surface area (Å²) in [6.45, 7) is 0.0927. The maximum Gasteiger partial charge on any atom is 0.380 e. The number of aliphatic hydroxyl groups is 1. The minimum absolute atomic E-state index is 0.0927. The van der Waals surface area contributed by atoms with E-state index in [1.165, 1.54) is 0 Å². The van der Waals surface area contributed by atoms with Crippen molar-refractivity contribution in [2.24, 2.45) is 0 Å². The summed E-state index contributed by atoms with van der Waals surface area (Å²) < 4.78 is 96.5. The summed E-state index contributed by atoms with van der Waals surface area (Å²) in [6, 6.07) is 0. The average Bonchev–Trinajstić information content (AvgIpc) is 2.02.